The second-order valence-corrected chi connectivity index (χ2v) is 9.03. The number of nitrogens with zero attached hydrogens (tertiary/aromatic N) is 2. The molecule has 4 rings (SSSR count). The van der Waals surface area contributed by atoms with E-state index in [1.807, 2.05) is 32.0 Å². The summed E-state index contributed by atoms with van der Waals surface area (Å²) in [6.07, 6.45) is 2.08. The first-order valence-electron chi connectivity index (χ1n) is 9.64. The minimum Gasteiger partial charge on any atom is -0.323 e. The van der Waals surface area contributed by atoms with E-state index in [0.29, 0.717) is 17.5 Å². The molecule has 4 nitrogen and oxygen atoms in total. The zero-order chi connectivity index (χ0) is 19.7. The fraction of sp³-hybridized carbons (Fsp3) is 0.364. The summed E-state index contributed by atoms with van der Waals surface area (Å²) >= 11 is 8.11. The normalized spacial score (nSPS) is 15.8. The van der Waals surface area contributed by atoms with Crippen molar-refractivity contribution in [1.29, 1.82) is 0 Å². The highest BCUT2D eigenvalue weighted by Gasteiger charge is 2.24. The molecule has 146 valence electrons. The van der Waals surface area contributed by atoms with Crippen molar-refractivity contribution in [2.75, 3.05) is 25.0 Å². The Morgan fingerprint density at radius 2 is 2.00 bits per heavy atom. The topological polar surface area (TPSA) is 45.2 Å². The Hall–Kier alpha value is -1.95. The molecule has 1 N–H and O–H groups in total. The minimum absolute atomic E-state index is 0.00714. The first-order chi connectivity index (χ1) is 13.5. The van der Waals surface area contributed by atoms with Crippen LogP contribution in [0.15, 0.2) is 36.4 Å². The van der Waals surface area contributed by atoms with E-state index in [2.05, 4.69) is 28.4 Å². The van der Waals surface area contributed by atoms with Crippen molar-refractivity contribution in [1.82, 2.24) is 9.88 Å². The van der Waals surface area contributed by atoms with Crippen LogP contribution >= 0.6 is 22.9 Å². The largest absolute Gasteiger partial charge is 0.323 e. The molecule has 2 aromatic carbocycles. The maximum absolute atomic E-state index is 12.5. The highest BCUT2D eigenvalue weighted by molar-refractivity contribution is 7.18. The first kappa shape index (κ1) is 19.4. The maximum atomic E-state index is 12.5. The van der Waals surface area contributed by atoms with Gasteiger partial charge in [-0.3, -0.25) is 9.69 Å². The molecule has 0 saturated carbocycles. The van der Waals surface area contributed by atoms with Gasteiger partial charge in [0, 0.05) is 5.92 Å². The molecule has 1 aliphatic rings. The van der Waals surface area contributed by atoms with Crippen LogP contribution in [0.2, 0.25) is 5.02 Å². The Balaban J connectivity index is 1.33. The zero-order valence-corrected chi connectivity index (χ0v) is 17.7. The van der Waals surface area contributed by atoms with E-state index in [1.54, 1.807) is 11.3 Å². The van der Waals surface area contributed by atoms with Crippen LogP contribution in [0.1, 0.15) is 34.9 Å². The zero-order valence-electron chi connectivity index (χ0n) is 16.2. The standard InChI is InChI=1S/C22H24ClN3OS/c1-14-11-15(2)21(17(23)12-14)25-20(27)13-26-9-7-16(8-10-26)22-24-18-5-3-4-6-19(18)28-22/h3-6,11-12,16H,7-10,13H2,1-2H3,(H,25,27). The molecular formula is C22H24ClN3OS. The van der Waals surface area contributed by atoms with Crippen molar-refractivity contribution >= 4 is 44.7 Å². The van der Waals surface area contributed by atoms with Crippen LogP contribution in [0.5, 0.6) is 0 Å². The van der Waals surface area contributed by atoms with Crippen LogP contribution in [0.25, 0.3) is 10.2 Å². The van der Waals surface area contributed by atoms with Crippen LogP contribution in [0.4, 0.5) is 5.69 Å². The lowest BCUT2D eigenvalue weighted by Gasteiger charge is -2.30. The van der Waals surface area contributed by atoms with Crippen molar-refractivity contribution in [3.63, 3.8) is 0 Å². The molecule has 2 heterocycles. The Morgan fingerprint density at radius 1 is 1.25 bits per heavy atom. The van der Waals surface area contributed by atoms with Crippen molar-refractivity contribution in [3.05, 3.63) is 57.6 Å². The van der Waals surface area contributed by atoms with Gasteiger partial charge in [0.05, 0.1) is 32.5 Å². The second kappa shape index (κ2) is 8.19. The summed E-state index contributed by atoms with van der Waals surface area (Å²) in [5.41, 5.74) is 3.90. The van der Waals surface area contributed by atoms with E-state index in [0.717, 1.165) is 48.3 Å². The highest BCUT2D eigenvalue weighted by atomic mass is 35.5. The Kier molecular flexibility index (Phi) is 5.67. The predicted octanol–water partition coefficient (Wildman–Crippen LogP) is 5.38. The lowest BCUT2D eigenvalue weighted by molar-refractivity contribution is -0.117. The molecule has 0 atom stereocenters. The molecule has 0 aliphatic carbocycles. The molecule has 1 aliphatic heterocycles. The van der Waals surface area contributed by atoms with E-state index in [9.17, 15) is 4.79 Å². The van der Waals surface area contributed by atoms with Gasteiger partial charge in [0.25, 0.3) is 0 Å². The number of aromatic nitrogens is 1. The molecule has 3 aromatic rings. The number of piperidine rings is 1. The summed E-state index contributed by atoms with van der Waals surface area (Å²) in [5.74, 6) is 0.484. The van der Waals surface area contributed by atoms with Crippen molar-refractivity contribution in [2.24, 2.45) is 0 Å². The number of fused-ring (bicyclic) bond motifs is 1. The molecule has 28 heavy (non-hydrogen) atoms. The van der Waals surface area contributed by atoms with E-state index < -0.39 is 0 Å². The smallest absolute Gasteiger partial charge is 0.238 e. The molecule has 1 amide bonds. The predicted molar refractivity (Wildman–Crippen MR) is 118 cm³/mol. The van der Waals surface area contributed by atoms with Crippen LogP contribution in [0, 0.1) is 13.8 Å². The lowest BCUT2D eigenvalue weighted by Crippen LogP contribution is -2.38. The number of hydrogen-bond acceptors (Lipinski definition) is 4. The summed E-state index contributed by atoms with van der Waals surface area (Å²) < 4.78 is 1.25. The van der Waals surface area contributed by atoms with Crippen LogP contribution < -0.4 is 5.32 Å². The number of anilines is 1. The number of para-hydroxylation sites is 1. The van der Waals surface area contributed by atoms with Gasteiger partial charge in [0.1, 0.15) is 0 Å². The second-order valence-electron chi connectivity index (χ2n) is 7.56. The molecular weight excluding hydrogens is 390 g/mol. The number of rotatable bonds is 4. The third kappa shape index (κ3) is 4.22. The van der Waals surface area contributed by atoms with Crippen molar-refractivity contribution in [2.45, 2.75) is 32.6 Å². The fourth-order valence-electron chi connectivity index (χ4n) is 3.86. The summed E-state index contributed by atoms with van der Waals surface area (Å²) in [6.45, 7) is 6.19. The summed E-state index contributed by atoms with van der Waals surface area (Å²) in [6, 6.07) is 12.2. The number of aryl methyl sites for hydroxylation is 2. The summed E-state index contributed by atoms with van der Waals surface area (Å²) in [5, 5.41) is 4.82. The van der Waals surface area contributed by atoms with Crippen molar-refractivity contribution in [3.8, 4) is 0 Å². The van der Waals surface area contributed by atoms with Gasteiger partial charge < -0.3 is 5.32 Å². The number of hydrogen-bond donors (Lipinski definition) is 1. The molecule has 0 unspecified atom stereocenters. The van der Waals surface area contributed by atoms with Gasteiger partial charge in [-0.25, -0.2) is 4.98 Å². The van der Waals surface area contributed by atoms with E-state index in [-0.39, 0.29) is 5.91 Å². The maximum Gasteiger partial charge on any atom is 0.238 e. The first-order valence-corrected chi connectivity index (χ1v) is 10.8. The van der Waals surface area contributed by atoms with E-state index >= 15 is 0 Å². The average molecular weight is 414 g/mol. The monoisotopic (exact) mass is 413 g/mol. The molecule has 1 aromatic heterocycles. The van der Waals surface area contributed by atoms with Gasteiger partial charge in [-0.15, -0.1) is 11.3 Å². The van der Waals surface area contributed by atoms with Gasteiger partial charge in [-0.05, 0) is 69.1 Å². The fourth-order valence-corrected chi connectivity index (χ4v) is 5.36. The van der Waals surface area contributed by atoms with E-state index in [4.69, 9.17) is 16.6 Å². The number of amides is 1. The molecule has 0 radical (unpaired) electrons. The molecule has 0 spiro atoms. The van der Waals surface area contributed by atoms with Gasteiger partial charge >= 0.3 is 0 Å². The number of carbonyl (C=O) groups excluding carboxylic acids is 1. The Morgan fingerprint density at radius 3 is 2.71 bits per heavy atom. The van der Waals surface area contributed by atoms with Gasteiger partial charge in [0.15, 0.2) is 0 Å². The Labute approximate surface area is 174 Å². The molecule has 0 bridgehead atoms. The van der Waals surface area contributed by atoms with Crippen LogP contribution in [0.3, 0.4) is 0 Å². The van der Waals surface area contributed by atoms with Crippen LogP contribution in [-0.2, 0) is 4.79 Å². The number of likely N-dealkylation sites (tertiary alicyclic amines) is 1. The third-order valence-corrected chi connectivity index (χ3v) is 6.81. The van der Waals surface area contributed by atoms with Gasteiger partial charge in [-0.1, -0.05) is 29.8 Å². The number of benzene rings is 2. The average Bonchev–Trinajstić information content (AvgIpc) is 3.09. The van der Waals surface area contributed by atoms with Crippen LogP contribution in [-0.4, -0.2) is 35.4 Å². The molecule has 6 heteroatoms. The number of thiazole rings is 1. The van der Waals surface area contributed by atoms with Crippen molar-refractivity contribution < 1.29 is 4.79 Å². The summed E-state index contributed by atoms with van der Waals surface area (Å²) in [7, 11) is 0. The van der Waals surface area contributed by atoms with Gasteiger partial charge in [-0.2, -0.15) is 0 Å². The molecule has 1 saturated heterocycles. The number of nitrogens with one attached hydrogen (secondary N) is 1. The summed E-state index contributed by atoms with van der Waals surface area (Å²) in [4.78, 5) is 19.5. The number of carbonyl (C=O) groups is 1. The minimum atomic E-state index is -0.00714. The quantitative estimate of drug-likeness (QED) is 0.624. The van der Waals surface area contributed by atoms with E-state index in [1.165, 1.54) is 9.71 Å². The SMILES string of the molecule is Cc1cc(C)c(NC(=O)CN2CCC(c3nc4ccccc4s3)CC2)c(Cl)c1. The highest BCUT2D eigenvalue weighted by Crippen LogP contribution is 2.34. The molecule has 1 fully saturated rings. The lowest BCUT2D eigenvalue weighted by atomic mass is 9.97. The van der Waals surface area contributed by atoms with Gasteiger partial charge in [0.2, 0.25) is 5.91 Å². The Bertz CT molecular complexity index is 952. The number of halogens is 1. The third-order valence-electron chi connectivity index (χ3n) is 5.31.